The molecule has 7 nitrogen and oxygen atoms in total. The van der Waals surface area contributed by atoms with Gasteiger partial charge in [0.25, 0.3) is 0 Å². The molecule has 106 valence electrons. The summed E-state index contributed by atoms with van der Waals surface area (Å²) in [5, 5.41) is 18.4. The van der Waals surface area contributed by atoms with Gasteiger partial charge in [0.15, 0.2) is 10.8 Å². The first-order chi connectivity index (χ1) is 8.27. The predicted octanol–water partition coefficient (Wildman–Crippen LogP) is -1.10. The van der Waals surface area contributed by atoms with Gasteiger partial charge in [-0.2, -0.15) is 0 Å². The number of ether oxygens (including phenoxy) is 3. The second kappa shape index (κ2) is 4.73. The number of aliphatic hydroxyl groups excluding tert-OH is 2. The molecule has 3 aliphatic rings. The standard InChI is InChI=1S/C9H13ClO5.Mn.H2O.O/c1-8(2)13-5-3(11)4(12)6-9(10,15-6)7(5)14-8;;;/h3-7,11-12H,1-2H3;;1H2;/q;+1;;/p-1/t3-,4+,5+,6+,7+,9+;;;/m1.../s1. The van der Waals surface area contributed by atoms with Crippen molar-refractivity contribution >= 4 is 11.6 Å². The SMILES string of the molecule is CC1(C)O[C@H]2[C@H](O)[C@H](O)[C@@H]3O[C@]3(Cl)[C@H]2O1.[O]=[Mn][OH]. The van der Waals surface area contributed by atoms with Gasteiger partial charge in [-0.25, -0.2) is 0 Å². The third-order valence-electron chi connectivity index (χ3n) is 3.15. The average Bonchev–Trinajstić information content (AvgIpc) is 2.84. The van der Waals surface area contributed by atoms with E-state index in [4.69, 9.17) is 33.8 Å². The van der Waals surface area contributed by atoms with Gasteiger partial charge in [-0.3, -0.25) is 0 Å². The summed E-state index contributed by atoms with van der Waals surface area (Å²) in [6, 6.07) is 0. The fourth-order valence-electron chi connectivity index (χ4n) is 2.41. The normalized spacial score (nSPS) is 51.8. The molecule has 1 aliphatic carbocycles. The number of aliphatic hydroxyl groups is 2. The molecule has 0 aromatic rings. The van der Waals surface area contributed by atoms with Crippen LogP contribution in [-0.2, 0) is 33.3 Å². The van der Waals surface area contributed by atoms with Crippen LogP contribution in [-0.4, -0.2) is 55.8 Å². The summed E-state index contributed by atoms with van der Waals surface area (Å²) >= 11 is 4.95. The predicted molar refractivity (Wildman–Crippen MR) is 52.2 cm³/mol. The zero-order valence-corrected chi connectivity index (χ0v) is 11.6. The Morgan fingerprint density at radius 1 is 1.11 bits per heavy atom. The molecule has 0 unspecified atom stereocenters. The van der Waals surface area contributed by atoms with Crippen LogP contribution < -0.4 is 0 Å². The van der Waals surface area contributed by atoms with Gasteiger partial charge in [0.1, 0.15) is 30.5 Å². The van der Waals surface area contributed by atoms with Crippen molar-refractivity contribution in [2.45, 2.75) is 55.2 Å². The van der Waals surface area contributed by atoms with Gasteiger partial charge < -0.3 is 24.4 Å². The number of hydrogen-bond donors (Lipinski definition) is 3. The third-order valence-corrected chi connectivity index (χ3v) is 3.67. The van der Waals surface area contributed by atoms with Crippen LogP contribution in [0.4, 0.5) is 0 Å². The van der Waals surface area contributed by atoms with Crippen molar-refractivity contribution in [2.75, 3.05) is 0 Å². The van der Waals surface area contributed by atoms with E-state index < -0.39 is 56.6 Å². The summed E-state index contributed by atoms with van der Waals surface area (Å²) in [4.78, 5) is 0. The van der Waals surface area contributed by atoms with Gasteiger partial charge in [0.2, 0.25) is 0 Å². The second-order valence-electron chi connectivity index (χ2n) is 4.81. The number of rotatable bonds is 0. The Labute approximate surface area is 115 Å². The molecule has 2 saturated heterocycles. The summed E-state index contributed by atoms with van der Waals surface area (Å²) in [7, 11) is 0. The maximum atomic E-state index is 9.80. The number of hydrogen-bond acceptors (Lipinski definition) is 6. The molecule has 1 saturated carbocycles. The van der Waals surface area contributed by atoms with Gasteiger partial charge in [-0.1, -0.05) is 11.6 Å². The molecule has 2 heterocycles. The first-order valence-corrected chi connectivity index (χ1v) is 6.65. The van der Waals surface area contributed by atoms with Crippen LogP contribution in [0, 0.1) is 0 Å². The summed E-state index contributed by atoms with van der Waals surface area (Å²) in [6.45, 7) is 3.48. The molecular formula is C9H14ClMnO7. The van der Waals surface area contributed by atoms with Crippen molar-refractivity contribution in [3.05, 3.63) is 0 Å². The third kappa shape index (κ3) is 2.26. The van der Waals surface area contributed by atoms with Gasteiger partial charge >= 0.3 is 23.2 Å². The monoisotopic (exact) mass is 324 g/mol. The van der Waals surface area contributed by atoms with Crippen LogP contribution in [0.5, 0.6) is 0 Å². The summed E-state index contributed by atoms with van der Waals surface area (Å²) in [5.41, 5.74) is 0. The van der Waals surface area contributed by atoms with E-state index in [9.17, 15) is 10.2 Å². The van der Waals surface area contributed by atoms with Crippen molar-refractivity contribution in [1.82, 2.24) is 0 Å². The van der Waals surface area contributed by atoms with Crippen LogP contribution in [0.25, 0.3) is 0 Å². The Kier molecular flexibility index (Phi) is 3.88. The molecule has 3 rings (SSSR count). The second-order valence-corrected chi connectivity index (χ2v) is 5.61. The van der Waals surface area contributed by atoms with Crippen molar-refractivity contribution in [3.63, 3.8) is 0 Å². The Balaban J connectivity index is 0.000000367. The number of halogens is 1. The van der Waals surface area contributed by atoms with E-state index in [1.54, 1.807) is 13.8 Å². The Morgan fingerprint density at radius 2 is 1.67 bits per heavy atom. The van der Waals surface area contributed by atoms with E-state index in [0.717, 1.165) is 0 Å². The van der Waals surface area contributed by atoms with E-state index in [0.29, 0.717) is 0 Å². The summed E-state index contributed by atoms with van der Waals surface area (Å²) in [6.07, 6.45) is -3.76. The minimum absolute atomic E-state index is 0.530. The van der Waals surface area contributed by atoms with E-state index in [1.807, 2.05) is 0 Å². The number of alkyl halides is 1. The van der Waals surface area contributed by atoms with E-state index >= 15 is 0 Å². The maximum absolute atomic E-state index is 9.80. The summed E-state index contributed by atoms with van der Waals surface area (Å²) in [5.74, 6) is -0.807. The molecule has 3 fully saturated rings. The van der Waals surface area contributed by atoms with Crippen LogP contribution in [0.15, 0.2) is 0 Å². The first-order valence-electron chi connectivity index (χ1n) is 5.26. The van der Waals surface area contributed by atoms with Gasteiger partial charge in [-0.15, -0.1) is 0 Å². The molecule has 0 radical (unpaired) electrons. The van der Waals surface area contributed by atoms with Gasteiger partial charge in [0.05, 0.1) is 0 Å². The molecule has 18 heavy (non-hydrogen) atoms. The molecule has 0 bridgehead atoms. The molecule has 9 heteroatoms. The molecule has 6 atom stereocenters. The molecule has 3 N–H and O–H groups in total. The van der Waals surface area contributed by atoms with Crippen molar-refractivity contribution in [3.8, 4) is 0 Å². The Morgan fingerprint density at radius 3 is 2.22 bits per heavy atom. The molecule has 0 aromatic carbocycles. The average molecular weight is 325 g/mol. The van der Waals surface area contributed by atoms with Crippen LogP contribution >= 0.6 is 11.6 Å². The number of epoxide rings is 1. The van der Waals surface area contributed by atoms with Gasteiger partial charge in [0, 0.05) is 0 Å². The minimum atomic E-state index is -1.19. The molecule has 0 amide bonds. The fourth-order valence-corrected chi connectivity index (χ4v) is 2.80. The van der Waals surface area contributed by atoms with E-state index in [-0.39, 0.29) is 0 Å². The summed E-state index contributed by atoms with van der Waals surface area (Å²) < 4.78 is 31.8. The van der Waals surface area contributed by atoms with Crippen molar-refractivity contribution in [1.29, 1.82) is 0 Å². The van der Waals surface area contributed by atoms with Crippen molar-refractivity contribution in [2.24, 2.45) is 0 Å². The Hall–Kier alpha value is 0.369. The fraction of sp³-hybridized carbons (Fsp3) is 1.00. The van der Waals surface area contributed by atoms with E-state index in [1.165, 1.54) is 0 Å². The van der Waals surface area contributed by atoms with Crippen molar-refractivity contribution < 1.29 is 47.7 Å². The van der Waals surface area contributed by atoms with Crippen LogP contribution in [0.3, 0.4) is 0 Å². The zero-order valence-electron chi connectivity index (χ0n) is 9.62. The quantitative estimate of drug-likeness (QED) is 0.295. The Bertz CT molecular complexity index is 354. The zero-order chi connectivity index (χ0) is 13.7. The molecule has 0 aromatic heterocycles. The molecular weight excluding hydrogens is 310 g/mol. The van der Waals surface area contributed by atoms with E-state index in [2.05, 4.69) is 0 Å². The van der Waals surface area contributed by atoms with Crippen LogP contribution in [0.2, 0.25) is 0 Å². The molecule has 0 spiro atoms. The van der Waals surface area contributed by atoms with Gasteiger partial charge in [-0.05, 0) is 13.8 Å². The first kappa shape index (κ1) is 14.8. The molecule has 2 aliphatic heterocycles. The topological polar surface area (TPSA) is 109 Å². The number of fused-ring (bicyclic) bond motifs is 3. The van der Waals surface area contributed by atoms with Crippen LogP contribution in [0.1, 0.15) is 13.8 Å².